The lowest BCUT2D eigenvalue weighted by molar-refractivity contribution is -0.143. The Morgan fingerprint density at radius 1 is 1.30 bits per heavy atom. The summed E-state index contributed by atoms with van der Waals surface area (Å²) >= 11 is 6.29. The molecular weight excluding hydrogens is 484 g/mol. The summed E-state index contributed by atoms with van der Waals surface area (Å²) in [4.78, 5) is 32.4. The van der Waals surface area contributed by atoms with Crippen molar-refractivity contribution in [2.24, 2.45) is 4.99 Å². The molecule has 0 fully saturated rings. The number of aromatic nitrogens is 1. The number of hydrogen-bond acceptors (Lipinski definition) is 6. The van der Waals surface area contributed by atoms with Crippen molar-refractivity contribution in [3.63, 3.8) is 0 Å². The van der Waals surface area contributed by atoms with Gasteiger partial charge in [0.05, 0.1) is 21.9 Å². The van der Waals surface area contributed by atoms with E-state index in [2.05, 4.69) is 20.9 Å². The van der Waals surface area contributed by atoms with E-state index in [-0.39, 0.29) is 11.7 Å². The Hall–Kier alpha value is -2.29. The number of allylic oxidation sites excluding steroid dienone is 1. The molecule has 5 nitrogen and oxygen atoms in total. The maximum atomic E-state index is 13.4. The largest absolute Gasteiger partial charge is 0.459 e. The van der Waals surface area contributed by atoms with Crippen molar-refractivity contribution < 1.29 is 9.53 Å². The molecule has 0 N–H and O–H groups in total. The van der Waals surface area contributed by atoms with Crippen LogP contribution in [0.1, 0.15) is 37.3 Å². The summed E-state index contributed by atoms with van der Waals surface area (Å²) < 4.78 is 8.61. The predicted octanol–water partition coefficient (Wildman–Crippen LogP) is 4.01. The fourth-order valence-electron chi connectivity index (χ4n) is 3.32. The van der Waals surface area contributed by atoms with E-state index < -0.39 is 12.0 Å². The quantitative estimate of drug-likeness (QED) is 0.506. The molecule has 1 aromatic carbocycles. The summed E-state index contributed by atoms with van der Waals surface area (Å²) in [6.07, 6.45) is 1.59. The molecule has 0 bridgehead atoms. The number of carbonyl (C=O) groups excluding carboxylic acids is 1. The summed E-state index contributed by atoms with van der Waals surface area (Å²) in [5, 5.41) is 1.94. The average Bonchev–Trinajstić information content (AvgIpc) is 3.29. The number of carbonyl (C=O) groups is 1. The lowest BCUT2D eigenvalue weighted by atomic mass is 10.0. The molecule has 1 atom stereocenters. The maximum Gasteiger partial charge on any atom is 0.338 e. The molecule has 0 spiro atoms. The Labute approximate surface area is 189 Å². The van der Waals surface area contributed by atoms with Gasteiger partial charge < -0.3 is 4.74 Å². The van der Waals surface area contributed by atoms with Crippen molar-refractivity contribution in [1.82, 2.24) is 4.57 Å². The van der Waals surface area contributed by atoms with Gasteiger partial charge in [-0.3, -0.25) is 9.36 Å². The van der Waals surface area contributed by atoms with Crippen LogP contribution in [0, 0.1) is 0 Å². The molecule has 0 radical (unpaired) electrons. The first-order valence-corrected chi connectivity index (χ1v) is 11.9. The zero-order chi connectivity index (χ0) is 21.4. The van der Waals surface area contributed by atoms with E-state index in [0.717, 1.165) is 14.9 Å². The number of nitrogens with zero attached hydrogens (tertiary/aromatic N) is 2. The maximum absolute atomic E-state index is 13.4. The highest BCUT2D eigenvalue weighted by molar-refractivity contribution is 9.10. The van der Waals surface area contributed by atoms with Crippen LogP contribution in [0.25, 0.3) is 6.08 Å². The van der Waals surface area contributed by atoms with E-state index in [4.69, 9.17) is 4.74 Å². The molecular formula is C22H19BrN2O3S2. The Kier molecular flexibility index (Phi) is 5.90. The van der Waals surface area contributed by atoms with Crippen LogP contribution in [0.5, 0.6) is 0 Å². The fraction of sp³-hybridized carbons (Fsp3) is 0.227. The minimum Gasteiger partial charge on any atom is -0.459 e. The van der Waals surface area contributed by atoms with Crippen molar-refractivity contribution in [3.05, 3.63) is 87.6 Å². The topological polar surface area (TPSA) is 60.7 Å². The second-order valence-corrected chi connectivity index (χ2v) is 10.0. The highest BCUT2D eigenvalue weighted by Gasteiger charge is 2.34. The summed E-state index contributed by atoms with van der Waals surface area (Å²) in [7, 11) is 0. The lowest BCUT2D eigenvalue weighted by Gasteiger charge is -2.24. The van der Waals surface area contributed by atoms with Gasteiger partial charge in [-0.2, -0.15) is 0 Å². The van der Waals surface area contributed by atoms with Gasteiger partial charge in [0.2, 0.25) is 0 Å². The van der Waals surface area contributed by atoms with Crippen LogP contribution in [-0.4, -0.2) is 16.6 Å². The van der Waals surface area contributed by atoms with Gasteiger partial charge in [0, 0.05) is 9.35 Å². The lowest BCUT2D eigenvalue weighted by Crippen LogP contribution is -2.39. The molecule has 0 aliphatic carbocycles. The number of ether oxygens (including phenoxy) is 1. The molecule has 3 heterocycles. The van der Waals surface area contributed by atoms with E-state index in [1.807, 2.05) is 47.9 Å². The Bertz CT molecular complexity index is 1320. The van der Waals surface area contributed by atoms with Crippen molar-refractivity contribution in [1.29, 1.82) is 0 Å². The van der Waals surface area contributed by atoms with Crippen molar-refractivity contribution in [2.75, 3.05) is 0 Å². The SMILES string of the molecule is CC1=C(C(=O)OC(C)C)C(c2cccs2)n2c(sc(=Cc3cccc(Br)c3)c2=O)=N1. The summed E-state index contributed by atoms with van der Waals surface area (Å²) in [6.45, 7) is 5.41. The van der Waals surface area contributed by atoms with Crippen LogP contribution in [0.15, 0.2) is 67.3 Å². The van der Waals surface area contributed by atoms with Gasteiger partial charge in [-0.15, -0.1) is 11.3 Å². The zero-order valence-electron chi connectivity index (χ0n) is 16.6. The monoisotopic (exact) mass is 502 g/mol. The minimum atomic E-state index is -0.544. The molecule has 1 aliphatic heterocycles. The molecule has 4 rings (SSSR count). The molecule has 2 aromatic heterocycles. The fourth-order valence-corrected chi connectivity index (χ4v) is 5.61. The van der Waals surface area contributed by atoms with Gasteiger partial charge in [-0.1, -0.05) is 45.5 Å². The van der Waals surface area contributed by atoms with E-state index in [0.29, 0.717) is 20.6 Å². The third kappa shape index (κ3) is 3.99. The second-order valence-electron chi connectivity index (χ2n) is 7.11. The smallest absolute Gasteiger partial charge is 0.338 e. The molecule has 154 valence electrons. The average molecular weight is 503 g/mol. The Balaban J connectivity index is 1.93. The van der Waals surface area contributed by atoms with E-state index in [1.165, 1.54) is 22.7 Å². The van der Waals surface area contributed by atoms with Crippen LogP contribution in [0.2, 0.25) is 0 Å². The van der Waals surface area contributed by atoms with Crippen LogP contribution < -0.4 is 14.9 Å². The molecule has 0 saturated carbocycles. The number of hydrogen-bond donors (Lipinski definition) is 0. The van der Waals surface area contributed by atoms with Gasteiger partial charge in [0.1, 0.15) is 6.04 Å². The third-order valence-corrected chi connectivity index (χ3v) is 6.94. The second kappa shape index (κ2) is 8.45. The first-order valence-electron chi connectivity index (χ1n) is 9.37. The molecule has 8 heteroatoms. The normalized spacial score (nSPS) is 16.6. The standard InChI is InChI=1S/C22H19BrN2O3S2/c1-12(2)28-21(27)18-13(3)24-22-25(19(18)16-8-5-9-29-16)20(26)17(30-22)11-14-6-4-7-15(23)10-14/h4-12,19H,1-3H3. The van der Waals surface area contributed by atoms with Crippen molar-refractivity contribution >= 4 is 50.6 Å². The summed E-state index contributed by atoms with van der Waals surface area (Å²) in [5.74, 6) is -0.439. The molecule has 0 saturated heterocycles. The molecule has 1 unspecified atom stereocenters. The minimum absolute atomic E-state index is 0.167. The number of esters is 1. The van der Waals surface area contributed by atoms with Gasteiger partial charge in [0.25, 0.3) is 5.56 Å². The molecule has 3 aromatic rings. The van der Waals surface area contributed by atoms with Gasteiger partial charge in [-0.25, -0.2) is 9.79 Å². The third-order valence-electron chi connectivity index (χ3n) is 4.54. The van der Waals surface area contributed by atoms with E-state index >= 15 is 0 Å². The molecule has 30 heavy (non-hydrogen) atoms. The number of fused-ring (bicyclic) bond motifs is 1. The van der Waals surface area contributed by atoms with Crippen molar-refractivity contribution in [2.45, 2.75) is 32.9 Å². The summed E-state index contributed by atoms with van der Waals surface area (Å²) in [5.41, 5.74) is 1.74. The van der Waals surface area contributed by atoms with Crippen LogP contribution >= 0.6 is 38.6 Å². The van der Waals surface area contributed by atoms with Gasteiger partial charge in [-0.05, 0) is 56.0 Å². The number of rotatable bonds is 4. The highest BCUT2D eigenvalue weighted by atomic mass is 79.9. The Morgan fingerprint density at radius 2 is 2.10 bits per heavy atom. The van der Waals surface area contributed by atoms with Crippen molar-refractivity contribution in [3.8, 4) is 0 Å². The number of halogens is 1. The highest BCUT2D eigenvalue weighted by Crippen LogP contribution is 2.33. The first kappa shape index (κ1) is 21.0. The number of benzene rings is 1. The van der Waals surface area contributed by atoms with E-state index in [9.17, 15) is 9.59 Å². The van der Waals surface area contributed by atoms with Crippen LogP contribution in [-0.2, 0) is 9.53 Å². The molecule has 0 amide bonds. The van der Waals surface area contributed by atoms with Gasteiger partial charge >= 0.3 is 5.97 Å². The van der Waals surface area contributed by atoms with Crippen LogP contribution in [0.3, 0.4) is 0 Å². The van der Waals surface area contributed by atoms with E-state index in [1.54, 1.807) is 25.3 Å². The van der Waals surface area contributed by atoms with Crippen LogP contribution in [0.4, 0.5) is 0 Å². The summed E-state index contributed by atoms with van der Waals surface area (Å²) in [6, 6.07) is 11.1. The first-order chi connectivity index (χ1) is 14.3. The molecule has 1 aliphatic rings. The number of thiazole rings is 1. The zero-order valence-corrected chi connectivity index (χ0v) is 19.8. The predicted molar refractivity (Wildman–Crippen MR) is 123 cm³/mol. The Morgan fingerprint density at radius 3 is 2.77 bits per heavy atom. The van der Waals surface area contributed by atoms with Gasteiger partial charge in [0.15, 0.2) is 4.80 Å². The number of thiophene rings is 1.